The number of amides is 1. The van der Waals surface area contributed by atoms with E-state index in [1.807, 2.05) is 60.2 Å². The van der Waals surface area contributed by atoms with Gasteiger partial charge in [0.05, 0.1) is 29.1 Å². The Kier molecular flexibility index (Phi) is 10.4. The number of aromatic nitrogens is 1. The van der Waals surface area contributed by atoms with Crippen LogP contribution in [-0.2, 0) is 23.0 Å². The van der Waals surface area contributed by atoms with Gasteiger partial charge in [-0.1, -0.05) is 57.0 Å². The Morgan fingerprint density at radius 2 is 1.86 bits per heavy atom. The molecule has 8 nitrogen and oxygen atoms in total. The molecule has 1 fully saturated rings. The summed E-state index contributed by atoms with van der Waals surface area (Å²) in [6.45, 7) is 12.2. The van der Waals surface area contributed by atoms with Gasteiger partial charge in [0.1, 0.15) is 0 Å². The predicted molar refractivity (Wildman–Crippen MR) is 172 cm³/mol. The van der Waals surface area contributed by atoms with Crippen molar-refractivity contribution in [1.82, 2.24) is 15.2 Å². The van der Waals surface area contributed by atoms with Crippen LogP contribution >= 0.6 is 0 Å². The average molecular weight is 597 g/mol. The first-order chi connectivity index (χ1) is 19.9. The second-order valence-electron chi connectivity index (χ2n) is 12.7. The molecule has 1 aromatic heterocycles. The summed E-state index contributed by atoms with van der Waals surface area (Å²) in [5, 5.41) is 18.8. The van der Waals surface area contributed by atoms with Gasteiger partial charge in [-0.2, -0.15) is 0 Å². The SMILES string of the molecule is CCn1ccc2c(N3CCCS3(=O)=O)cc(C(=O)N[C@@H](Cc3ccccc3)[C@H](O)CNC(C)(C)CCCC(C)C)cc21. The lowest BCUT2D eigenvalue weighted by molar-refractivity contribution is 0.0812. The van der Waals surface area contributed by atoms with Crippen LogP contribution in [-0.4, -0.2) is 60.5 Å². The number of anilines is 1. The van der Waals surface area contributed by atoms with Crippen LogP contribution in [0, 0.1) is 5.92 Å². The van der Waals surface area contributed by atoms with Crippen LogP contribution in [0.15, 0.2) is 54.7 Å². The van der Waals surface area contributed by atoms with E-state index in [9.17, 15) is 18.3 Å². The Balaban J connectivity index is 1.59. The number of fused-ring (bicyclic) bond motifs is 1. The number of aryl methyl sites for hydroxylation is 1. The minimum absolute atomic E-state index is 0.103. The maximum absolute atomic E-state index is 13.8. The summed E-state index contributed by atoms with van der Waals surface area (Å²) in [4.78, 5) is 13.8. The number of aliphatic hydroxyl groups excluding tert-OH is 1. The zero-order chi connectivity index (χ0) is 30.5. The Morgan fingerprint density at radius 1 is 1.12 bits per heavy atom. The molecule has 3 N–H and O–H groups in total. The van der Waals surface area contributed by atoms with Crippen molar-refractivity contribution in [2.24, 2.45) is 5.92 Å². The zero-order valence-electron chi connectivity index (χ0n) is 25.8. The third-order valence-electron chi connectivity index (χ3n) is 8.29. The number of aliphatic hydroxyl groups is 1. The van der Waals surface area contributed by atoms with Crippen molar-refractivity contribution in [3.8, 4) is 0 Å². The van der Waals surface area contributed by atoms with E-state index < -0.39 is 22.2 Å². The molecule has 1 aliphatic rings. The molecule has 1 aliphatic heterocycles. The molecule has 0 bridgehead atoms. The van der Waals surface area contributed by atoms with Crippen molar-refractivity contribution in [1.29, 1.82) is 0 Å². The van der Waals surface area contributed by atoms with E-state index in [4.69, 9.17) is 0 Å². The monoisotopic (exact) mass is 596 g/mol. The van der Waals surface area contributed by atoms with Crippen LogP contribution < -0.4 is 14.9 Å². The summed E-state index contributed by atoms with van der Waals surface area (Å²) in [6, 6.07) is 14.7. The van der Waals surface area contributed by atoms with Crippen LogP contribution in [0.25, 0.3) is 10.9 Å². The molecule has 2 atom stereocenters. The van der Waals surface area contributed by atoms with Crippen molar-refractivity contribution in [2.45, 2.75) is 91.0 Å². The highest BCUT2D eigenvalue weighted by atomic mass is 32.2. The van der Waals surface area contributed by atoms with Gasteiger partial charge in [-0.25, -0.2) is 8.42 Å². The van der Waals surface area contributed by atoms with E-state index in [-0.39, 0.29) is 17.2 Å². The van der Waals surface area contributed by atoms with E-state index in [1.165, 1.54) is 4.31 Å². The summed E-state index contributed by atoms with van der Waals surface area (Å²) >= 11 is 0. The number of nitrogens with zero attached hydrogens (tertiary/aromatic N) is 2. The van der Waals surface area contributed by atoms with Gasteiger partial charge in [-0.3, -0.25) is 9.10 Å². The lowest BCUT2D eigenvalue weighted by Gasteiger charge is -2.31. The lowest BCUT2D eigenvalue weighted by Crippen LogP contribution is -2.52. The Labute approximate surface area is 251 Å². The van der Waals surface area contributed by atoms with Crippen molar-refractivity contribution < 1.29 is 18.3 Å². The number of carbonyl (C=O) groups excluding carboxylic acids is 1. The molecule has 2 heterocycles. The summed E-state index contributed by atoms with van der Waals surface area (Å²) in [5.41, 5.74) is 2.58. The number of carbonyl (C=O) groups is 1. The lowest BCUT2D eigenvalue weighted by atomic mass is 9.93. The number of hydrogen-bond donors (Lipinski definition) is 3. The maximum atomic E-state index is 13.8. The molecular weight excluding hydrogens is 548 g/mol. The summed E-state index contributed by atoms with van der Waals surface area (Å²) < 4.78 is 29.2. The van der Waals surface area contributed by atoms with Gasteiger partial charge >= 0.3 is 0 Å². The first-order valence-corrected chi connectivity index (χ1v) is 16.9. The third-order valence-corrected chi connectivity index (χ3v) is 10.1. The molecule has 0 saturated carbocycles. The van der Waals surface area contributed by atoms with Crippen LogP contribution in [0.1, 0.15) is 76.2 Å². The highest BCUT2D eigenvalue weighted by Gasteiger charge is 2.31. The molecule has 0 spiro atoms. The van der Waals surface area contributed by atoms with Crippen LogP contribution in [0.3, 0.4) is 0 Å². The fourth-order valence-corrected chi connectivity index (χ4v) is 7.34. The standard InChI is InChI=1S/C33H48N4O4S/c1-6-36-18-15-27-29(36)21-26(22-30(27)37-17-11-19-42(37,40)41)32(39)35-28(20-25-13-8-7-9-14-25)31(38)23-34-33(4,5)16-10-12-24(2)3/h7-9,13-15,18,21-22,24,28,31,34,38H,6,10-12,16-17,19-20,23H2,1-5H3,(H,35,39)/t28-,31+/m0/s1. The minimum atomic E-state index is -3.44. The third kappa shape index (κ3) is 7.94. The zero-order valence-corrected chi connectivity index (χ0v) is 26.6. The van der Waals surface area contributed by atoms with Gasteiger partial charge in [-0.05, 0) is 69.7 Å². The largest absolute Gasteiger partial charge is 0.390 e. The average Bonchev–Trinajstić information content (AvgIpc) is 3.53. The Bertz CT molecular complexity index is 1450. The van der Waals surface area contributed by atoms with Crippen molar-refractivity contribution >= 4 is 32.5 Å². The second-order valence-corrected chi connectivity index (χ2v) is 14.7. The number of β-amino-alcohol motifs (C(OH)–C–C–N with tert-alkyl or cyclic N) is 1. The summed E-state index contributed by atoms with van der Waals surface area (Å²) in [7, 11) is -3.44. The fourth-order valence-electron chi connectivity index (χ4n) is 5.77. The Morgan fingerprint density at radius 3 is 2.50 bits per heavy atom. The summed E-state index contributed by atoms with van der Waals surface area (Å²) in [6.07, 6.45) is 5.37. The van der Waals surface area contributed by atoms with E-state index in [1.54, 1.807) is 6.07 Å². The molecule has 0 unspecified atom stereocenters. The molecule has 3 aromatic rings. The quantitative estimate of drug-likeness (QED) is 0.240. The number of sulfonamides is 1. The highest BCUT2D eigenvalue weighted by Crippen LogP contribution is 2.34. The molecule has 42 heavy (non-hydrogen) atoms. The van der Waals surface area contributed by atoms with Crippen molar-refractivity contribution in [3.63, 3.8) is 0 Å². The number of benzene rings is 2. The molecular formula is C33H48N4O4S. The van der Waals surface area contributed by atoms with E-state index in [0.29, 0.717) is 49.6 Å². The molecule has 1 saturated heterocycles. The molecule has 230 valence electrons. The molecule has 4 rings (SSSR count). The topological polar surface area (TPSA) is 104 Å². The molecule has 1 amide bonds. The number of nitrogens with one attached hydrogen (secondary N) is 2. The number of rotatable bonds is 14. The molecule has 2 aromatic carbocycles. The number of hydrogen-bond acceptors (Lipinski definition) is 5. The van der Waals surface area contributed by atoms with Crippen molar-refractivity contribution in [3.05, 3.63) is 65.9 Å². The van der Waals surface area contributed by atoms with E-state index in [2.05, 4.69) is 38.3 Å². The van der Waals surface area contributed by atoms with Gasteiger partial charge in [0, 0.05) is 42.3 Å². The van der Waals surface area contributed by atoms with Crippen LogP contribution in [0.5, 0.6) is 0 Å². The second kappa shape index (κ2) is 13.6. The molecule has 0 aliphatic carbocycles. The smallest absolute Gasteiger partial charge is 0.251 e. The first-order valence-electron chi connectivity index (χ1n) is 15.3. The normalized spacial score (nSPS) is 16.7. The highest BCUT2D eigenvalue weighted by molar-refractivity contribution is 7.93. The fraction of sp³-hybridized carbons (Fsp3) is 0.545. The van der Waals surface area contributed by atoms with Crippen molar-refractivity contribution in [2.75, 3.05) is 23.1 Å². The van der Waals surface area contributed by atoms with Gasteiger partial charge in [0.2, 0.25) is 10.0 Å². The van der Waals surface area contributed by atoms with Gasteiger partial charge in [-0.15, -0.1) is 0 Å². The molecule has 9 heteroatoms. The van der Waals surface area contributed by atoms with Crippen LogP contribution in [0.2, 0.25) is 0 Å². The maximum Gasteiger partial charge on any atom is 0.251 e. The van der Waals surface area contributed by atoms with Gasteiger partial charge < -0.3 is 20.3 Å². The molecule has 0 radical (unpaired) electrons. The Hall–Kier alpha value is -2.88. The first kappa shape index (κ1) is 32.0. The predicted octanol–water partition coefficient (Wildman–Crippen LogP) is 5.10. The van der Waals surface area contributed by atoms with E-state index >= 15 is 0 Å². The van der Waals surface area contributed by atoms with Gasteiger partial charge in [0.15, 0.2) is 0 Å². The van der Waals surface area contributed by atoms with Gasteiger partial charge in [0.25, 0.3) is 5.91 Å². The minimum Gasteiger partial charge on any atom is -0.390 e. The van der Waals surface area contributed by atoms with Crippen LogP contribution in [0.4, 0.5) is 5.69 Å². The van der Waals surface area contributed by atoms with E-state index in [0.717, 1.165) is 35.7 Å². The summed E-state index contributed by atoms with van der Waals surface area (Å²) in [5.74, 6) is 0.420.